The summed E-state index contributed by atoms with van der Waals surface area (Å²) in [7, 11) is 1.99. The van der Waals surface area contributed by atoms with Gasteiger partial charge in [0.15, 0.2) is 0 Å². The summed E-state index contributed by atoms with van der Waals surface area (Å²) in [5, 5.41) is 3.23. The summed E-state index contributed by atoms with van der Waals surface area (Å²) in [6.07, 6.45) is 7.20. The van der Waals surface area contributed by atoms with E-state index in [1.165, 1.54) is 37.1 Å². The molecule has 2 rings (SSSR count). The van der Waals surface area contributed by atoms with Crippen molar-refractivity contribution < 1.29 is 0 Å². The highest BCUT2D eigenvalue weighted by Gasteiger charge is 2.20. The molecule has 1 atom stereocenters. The van der Waals surface area contributed by atoms with E-state index >= 15 is 0 Å². The molecule has 1 aliphatic heterocycles. The first-order valence-corrected chi connectivity index (χ1v) is 6.68. The van der Waals surface area contributed by atoms with E-state index in [4.69, 9.17) is 0 Å². The van der Waals surface area contributed by atoms with E-state index in [0.29, 0.717) is 6.04 Å². The number of hydrogen-bond donors (Lipinski definition) is 1. The molecule has 1 fully saturated rings. The zero-order chi connectivity index (χ0) is 12.1. The summed E-state index contributed by atoms with van der Waals surface area (Å²) < 4.78 is 0. The maximum Gasteiger partial charge on any atom is 0.133 e. The summed E-state index contributed by atoms with van der Waals surface area (Å²) in [6.45, 7) is 4.37. The van der Waals surface area contributed by atoms with Crippen LogP contribution in [0.5, 0.6) is 0 Å². The summed E-state index contributed by atoms with van der Waals surface area (Å²) in [5.74, 6) is 1.18. The van der Waals surface area contributed by atoms with E-state index in [1.807, 2.05) is 19.3 Å². The van der Waals surface area contributed by atoms with Crippen molar-refractivity contribution >= 4 is 5.82 Å². The Morgan fingerprint density at radius 3 is 3.12 bits per heavy atom. The molecule has 0 bridgehead atoms. The lowest BCUT2D eigenvalue weighted by molar-refractivity contribution is 0.607. The third-order valence-electron chi connectivity index (χ3n) is 3.56. The fraction of sp³-hybridized carbons (Fsp3) is 0.643. The van der Waals surface area contributed by atoms with Crippen molar-refractivity contribution in [3.8, 4) is 0 Å². The van der Waals surface area contributed by atoms with Crippen LogP contribution in [0.25, 0.3) is 0 Å². The third-order valence-corrected chi connectivity index (χ3v) is 3.56. The minimum absolute atomic E-state index is 0.614. The van der Waals surface area contributed by atoms with E-state index in [9.17, 15) is 0 Å². The molecule has 1 aromatic rings. The van der Waals surface area contributed by atoms with Crippen molar-refractivity contribution in [3.05, 3.63) is 23.9 Å². The molecule has 1 aliphatic rings. The topological polar surface area (TPSA) is 28.2 Å². The zero-order valence-corrected chi connectivity index (χ0v) is 10.9. The van der Waals surface area contributed by atoms with Crippen molar-refractivity contribution in [2.24, 2.45) is 0 Å². The second-order valence-electron chi connectivity index (χ2n) is 4.91. The van der Waals surface area contributed by atoms with Gasteiger partial charge in [-0.1, -0.05) is 18.9 Å². The van der Waals surface area contributed by atoms with Gasteiger partial charge in [0.1, 0.15) is 5.82 Å². The summed E-state index contributed by atoms with van der Waals surface area (Å²) >= 11 is 0. The molecule has 1 N–H and O–H groups in total. The van der Waals surface area contributed by atoms with Crippen LogP contribution in [0.2, 0.25) is 0 Å². The van der Waals surface area contributed by atoms with Gasteiger partial charge in [0.25, 0.3) is 0 Å². The van der Waals surface area contributed by atoms with Gasteiger partial charge in [-0.25, -0.2) is 4.98 Å². The number of aromatic nitrogens is 1. The summed E-state index contributed by atoms with van der Waals surface area (Å²) in [6, 6.07) is 4.82. The molecule has 1 aromatic heterocycles. The fourth-order valence-electron chi connectivity index (χ4n) is 2.61. The predicted octanol–water partition coefficient (Wildman–Crippen LogP) is 2.57. The molecule has 1 unspecified atom stereocenters. The lowest BCUT2D eigenvalue weighted by Crippen LogP contribution is -2.34. The standard InChI is InChI=1S/C14H23N3/c1-12-7-4-3-5-10-17(12)14-13(11-15-2)8-6-9-16-14/h6,8-9,12,15H,3-5,7,10-11H2,1-2H3. The van der Waals surface area contributed by atoms with Gasteiger partial charge in [0.2, 0.25) is 0 Å². The molecule has 1 saturated heterocycles. The molecule has 0 spiro atoms. The predicted molar refractivity (Wildman–Crippen MR) is 72.3 cm³/mol. The fourth-order valence-corrected chi connectivity index (χ4v) is 2.61. The molecule has 3 heteroatoms. The zero-order valence-electron chi connectivity index (χ0n) is 10.9. The van der Waals surface area contributed by atoms with Crippen molar-refractivity contribution in [2.75, 3.05) is 18.5 Å². The van der Waals surface area contributed by atoms with Crippen LogP contribution >= 0.6 is 0 Å². The monoisotopic (exact) mass is 233 g/mol. The van der Waals surface area contributed by atoms with Gasteiger partial charge in [-0.3, -0.25) is 0 Å². The molecule has 94 valence electrons. The molecule has 0 amide bonds. The Hall–Kier alpha value is -1.09. The highest BCUT2D eigenvalue weighted by Crippen LogP contribution is 2.25. The van der Waals surface area contributed by atoms with Crippen LogP contribution in [-0.2, 0) is 6.54 Å². The first-order valence-electron chi connectivity index (χ1n) is 6.68. The number of nitrogens with one attached hydrogen (secondary N) is 1. The largest absolute Gasteiger partial charge is 0.354 e. The summed E-state index contributed by atoms with van der Waals surface area (Å²) in [5.41, 5.74) is 1.31. The highest BCUT2D eigenvalue weighted by molar-refractivity contribution is 5.47. The molecule has 17 heavy (non-hydrogen) atoms. The number of nitrogens with zero attached hydrogens (tertiary/aromatic N) is 2. The van der Waals surface area contributed by atoms with Crippen LogP contribution in [0.4, 0.5) is 5.82 Å². The van der Waals surface area contributed by atoms with E-state index in [2.05, 4.69) is 28.2 Å². The van der Waals surface area contributed by atoms with Gasteiger partial charge < -0.3 is 10.2 Å². The maximum atomic E-state index is 4.60. The number of hydrogen-bond acceptors (Lipinski definition) is 3. The smallest absolute Gasteiger partial charge is 0.133 e. The Morgan fingerprint density at radius 1 is 1.41 bits per heavy atom. The van der Waals surface area contributed by atoms with Gasteiger partial charge in [0.05, 0.1) is 0 Å². The first-order chi connectivity index (χ1) is 8.33. The average molecular weight is 233 g/mol. The minimum atomic E-state index is 0.614. The highest BCUT2D eigenvalue weighted by atomic mass is 15.2. The Labute approximate surface area is 104 Å². The number of pyridine rings is 1. The molecular formula is C14H23N3. The van der Waals surface area contributed by atoms with Crippen molar-refractivity contribution in [3.63, 3.8) is 0 Å². The second-order valence-corrected chi connectivity index (χ2v) is 4.91. The van der Waals surface area contributed by atoms with Crippen LogP contribution in [-0.4, -0.2) is 24.6 Å². The quantitative estimate of drug-likeness (QED) is 0.869. The number of anilines is 1. The van der Waals surface area contributed by atoms with Gasteiger partial charge in [0, 0.05) is 30.9 Å². The van der Waals surface area contributed by atoms with Crippen LogP contribution < -0.4 is 10.2 Å². The molecular weight excluding hydrogens is 210 g/mol. The first kappa shape index (κ1) is 12.4. The van der Waals surface area contributed by atoms with Crippen LogP contribution in [0.3, 0.4) is 0 Å². The molecule has 0 aromatic carbocycles. The van der Waals surface area contributed by atoms with Crippen LogP contribution in [0, 0.1) is 0 Å². The van der Waals surface area contributed by atoms with Gasteiger partial charge in [-0.2, -0.15) is 0 Å². The van der Waals surface area contributed by atoms with E-state index in [-0.39, 0.29) is 0 Å². The van der Waals surface area contributed by atoms with Crippen molar-refractivity contribution in [1.82, 2.24) is 10.3 Å². The van der Waals surface area contributed by atoms with Crippen molar-refractivity contribution in [1.29, 1.82) is 0 Å². The van der Waals surface area contributed by atoms with Crippen molar-refractivity contribution in [2.45, 2.75) is 45.2 Å². The normalized spacial score (nSPS) is 21.3. The van der Waals surface area contributed by atoms with E-state index < -0.39 is 0 Å². The minimum Gasteiger partial charge on any atom is -0.354 e. The summed E-state index contributed by atoms with van der Waals surface area (Å²) in [4.78, 5) is 7.08. The Balaban J connectivity index is 2.24. The Bertz CT molecular complexity index is 351. The lowest BCUT2D eigenvalue weighted by Gasteiger charge is -2.30. The van der Waals surface area contributed by atoms with Gasteiger partial charge >= 0.3 is 0 Å². The van der Waals surface area contributed by atoms with Crippen LogP contribution in [0.1, 0.15) is 38.2 Å². The Kier molecular flexibility index (Phi) is 4.37. The van der Waals surface area contributed by atoms with E-state index in [0.717, 1.165) is 13.1 Å². The Morgan fingerprint density at radius 2 is 2.29 bits per heavy atom. The molecule has 0 radical (unpaired) electrons. The number of rotatable bonds is 3. The SMILES string of the molecule is CNCc1cccnc1N1CCCCCC1C. The molecule has 3 nitrogen and oxygen atoms in total. The van der Waals surface area contributed by atoms with Crippen LogP contribution in [0.15, 0.2) is 18.3 Å². The third kappa shape index (κ3) is 2.97. The average Bonchev–Trinajstić information content (AvgIpc) is 2.55. The molecule has 0 saturated carbocycles. The second kappa shape index (κ2) is 6.01. The van der Waals surface area contributed by atoms with Gasteiger partial charge in [-0.05, 0) is 32.9 Å². The molecule has 2 heterocycles. The van der Waals surface area contributed by atoms with E-state index in [1.54, 1.807) is 0 Å². The van der Waals surface area contributed by atoms with Gasteiger partial charge in [-0.15, -0.1) is 0 Å². The molecule has 0 aliphatic carbocycles. The lowest BCUT2D eigenvalue weighted by atomic mass is 10.1. The maximum absolute atomic E-state index is 4.60.